The van der Waals surface area contributed by atoms with Crippen LogP contribution in [0.4, 0.5) is 0 Å². The first-order valence-corrected chi connectivity index (χ1v) is 7.08. The zero-order valence-corrected chi connectivity index (χ0v) is 12.2. The smallest absolute Gasteiger partial charge is 0.316 e. The number of rotatable bonds is 3. The molecule has 0 spiro atoms. The molecule has 1 aliphatic rings. The predicted octanol–water partition coefficient (Wildman–Crippen LogP) is 1.68. The average molecular weight is 318 g/mol. The van der Waals surface area contributed by atoms with Crippen molar-refractivity contribution in [3.63, 3.8) is 0 Å². The van der Waals surface area contributed by atoms with E-state index in [0.717, 1.165) is 0 Å². The first kappa shape index (κ1) is 14.4. The van der Waals surface area contributed by atoms with Crippen molar-refractivity contribution in [3.05, 3.63) is 35.2 Å². The van der Waals surface area contributed by atoms with Crippen LogP contribution in [0.5, 0.6) is 0 Å². The van der Waals surface area contributed by atoms with Gasteiger partial charge >= 0.3 is 11.8 Å². The van der Waals surface area contributed by atoms with Crippen LogP contribution in [0.1, 0.15) is 17.1 Å². The molecule has 2 aromatic rings. The number of hydrogen-bond donors (Lipinski definition) is 1. The van der Waals surface area contributed by atoms with E-state index in [4.69, 9.17) is 21.4 Å². The van der Waals surface area contributed by atoms with E-state index in [9.17, 15) is 4.79 Å². The Hall–Kier alpha value is -2.59. The lowest BCUT2D eigenvalue weighted by Gasteiger charge is -2.09. The first-order valence-electron chi connectivity index (χ1n) is 6.71. The van der Waals surface area contributed by atoms with Gasteiger partial charge in [0.25, 0.3) is 0 Å². The van der Waals surface area contributed by atoms with Crippen LogP contribution in [0.15, 0.2) is 28.8 Å². The van der Waals surface area contributed by atoms with E-state index < -0.39 is 5.91 Å². The van der Waals surface area contributed by atoms with Crippen LogP contribution in [0.3, 0.4) is 0 Å². The number of nitrogens with one attached hydrogen (secondary N) is 1. The maximum absolute atomic E-state index is 12.1. The Balaban J connectivity index is 1.69. The molecule has 1 atom stereocenters. The molecule has 0 aliphatic carbocycles. The number of hydrogen-bond acceptors (Lipinski definition) is 6. The van der Waals surface area contributed by atoms with Gasteiger partial charge < -0.3 is 14.7 Å². The van der Waals surface area contributed by atoms with E-state index in [1.807, 2.05) is 0 Å². The molecule has 0 saturated carbocycles. The molecule has 2 heterocycles. The molecule has 1 aromatic heterocycles. The Morgan fingerprint density at radius 3 is 3.14 bits per heavy atom. The van der Waals surface area contributed by atoms with Gasteiger partial charge in [-0.15, -0.1) is 0 Å². The van der Waals surface area contributed by atoms with Gasteiger partial charge in [-0.2, -0.15) is 10.2 Å². The molecule has 0 unspecified atom stereocenters. The zero-order chi connectivity index (χ0) is 15.5. The van der Waals surface area contributed by atoms with Gasteiger partial charge in [0.05, 0.1) is 0 Å². The number of amides is 1. The summed E-state index contributed by atoms with van der Waals surface area (Å²) in [6, 6.07) is 6.88. The van der Waals surface area contributed by atoms with E-state index in [2.05, 4.69) is 21.7 Å². The van der Waals surface area contributed by atoms with Crippen molar-refractivity contribution in [3.8, 4) is 17.6 Å². The van der Waals surface area contributed by atoms with E-state index >= 15 is 0 Å². The van der Waals surface area contributed by atoms with Gasteiger partial charge in [0.15, 0.2) is 6.19 Å². The molecule has 1 aromatic carbocycles. The fourth-order valence-corrected chi connectivity index (χ4v) is 2.47. The number of aromatic nitrogens is 2. The largest absolute Gasteiger partial charge is 0.343 e. The number of carbonyl (C=O) groups is 1. The van der Waals surface area contributed by atoms with Crippen LogP contribution >= 0.6 is 11.6 Å². The topological polar surface area (TPSA) is 95.1 Å². The van der Waals surface area contributed by atoms with Crippen molar-refractivity contribution in [2.24, 2.45) is 0 Å². The van der Waals surface area contributed by atoms with Crippen molar-refractivity contribution >= 4 is 17.5 Å². The molecule has 0 bridgehead atoms. The number of nitrogens with zero attached hydrogens (tertiary/aromatic N) is 4. The third kappa shape index (κ3) is 3.02. The van der Waals surface area contributed by atoms with E-state index in [1.165, 1.54) is 0 Å². The van der Waals surface area contributed by atoms with E-state index in [1.54, 1.807) is 29.2 Å². The summed E-state index contributed by atoms with van der Waals surface area (Å²) in [7, 11) is 0. The molecular weight excluding hydrogens is 306 g/mol. The van der Waals surface area contributed by atoms with Crippen molar-refractivity contribution in [1.82, 2.24) is 20.4 Å². The van der Waals surface area contributed by atoms with Crippen molar-refractivity contribution in [1.29, 1.82) is 5.26 Å². The van der Waals surface area contributed by atoms with Gasteiger partial charge in [0, 0.05) is 29.7 Å². The number of nitriles is 1. The number of halogens is 1. The molecule has 7 nitrogen and oxygen atoms in total. The third-order valence-corrected chi connectivity index (χ3v) is 3.60. The Morgan fingerprint density at radius 2 is 2.41 bits per heavy atom. The maximum Gasteiger partial charge on any atom is 0.316 e. The summed E-state index contributed by atoms with van der Waals surface area (Å²) in [5.74, 6) is -0.242. The molecule has 1 amide bonds. The van der Waals surface area contributed by atoms with E-state index in [0.29, 0.717) is 35.9 Å². The van der Waals surface area contributed by atoms with Gasteiger partial charge in [-0.05, 0) is 18.6 Å². The van der Waals surface area contributed by atoms with Crippen LogP contribution in [0.2, 0.25) is 5.02 Å². The lowest BCUT2D eigenvalue weighted by molar-refractivity contribution is 0.0894. The fourth-order valence-electron chi connectivity index (χ4n) is 2.28. The Kier molecular flexibility index (Phi) is 3.94. The lowest BCUT2D eigenvalue weighted by Crippen LogP contribution is -2.36. The summed E-state index contributed by atoms with van der Waals surface area (Å²) in [4.78, 5) is 17.7. The monoisotopic (exact) mass is 317 g/mol. The van der Waals surface area contributed by atoms with Crippen molar-refractivity contribution in [2.45, 2.75) is 12.5 Å². The molecular formula is C14H12ClN5O2. The molecule has 1 saturated heterocycles. The Labute approximate surface area is 131 Å². The molecule has 1 fully saturated rings. The second-order valence-electron chi connectivity index (χ2n) is 4.94. The predicted molar refractivity (Wildman–Crippen MR) is 77.8 cm³/mol. The van der Waals surface area contributed by atoms with Gasteiger partial charge in [-0.1, -0.05) is 28.9 Å². The van der Waals surface area contributed by atoms with Gasteiger partial charge in [-0.3, -0.25) is 4.79 Å². The SMILES string of the molecule is N#CN1CC[C@@H](NC(=O)c2nc(-c3cccc(Cl)c3)no2)C1. The second kappa shape index (κ2) is 6.03. The normalized spacial score (nSPS) is 17.3. The van der Waals surface area contributed by atoms with Crippen LogP contribution < -0.4 is 5.32 Å². The molecule has 22 heavy (non-hydrogen) atoms. The van der Waals surface area contributed by atoms with Crippen LogP contribution in [0.25, 0.3) is 11.4 Å². The highest BCUT2D eigenvalue weighted by molar-refractivity contribution is 6.30. The standard InChI is InChI=1S/C14H12ClN5O2/c15-10-3-1-2-9(6-10)12-18-14(22-19-12)13(21)17-11-4-5-20(7-11)8-16/h1-3,6,11H,4-5,7H2,(H,17,21)/t11-/m1/s1. The molecule has 112 valence electrons. The number of likely N-dealkylation sites (tertiary alicyclic amines) is 1. The minimum absolute atomic E-state index is 0.0892. The Morgan fingerprint density at radius 1 is 1.55 bits per heavy atom. The first-order chi connectivity index (χ1) is 10.7. The van der Waals surface area contributed by atoms with Gasteiger partial charge in [0.1, 0.15) is 0 Å². The molecule has 1 N–H and O–H groups in total. The molecule has 1 aliphatic heterocycles. The van der Waals surface area contributed by atoms with Crippen molar-refractivity contribution < 1.29 is 9.32 Å². The highest BCUT2D eigenvalue weighted by Gasteiger charge is 2.25. The van der Waals surface area contributed by atoms with Gasteiger partial charge in [-0.25, -0.2) is 0 Å². The minimum atomic E-state index is -0.439. The van der Waals surface area contributed by atoms with Crippen LogP contribution in [-0.4, -0.2) is 40.1 Å². The highest BCUT2D eigenvalue weighted by Crippen LogP contribution is 2.20. The summed E-state index contributed by atoms with van der Waals surface area (Å²) < 4.78 is 4.99. The summed E-state index contributed by atoms with van der Waals surface area (Å²) >= 11 is 5.91. The average Bonchev–Trinajstić information content (AvgIpc) is 3.16. The lowest BCUT2D eigenvalue weighted by atomic mass is 10.2. The third-order valence-electron chi connectivity index (χ3n) is 3.37. The maximum atomic E-state index is 12.1. The van der Waals surface area contributed by atoms with Crippen LogP contribution in [0, 0.1) is 11.5 Å². The zero-order valence-electron chi connectivity index (χ0n) is 11.5. The van der Waals surface area contributed by atoms with Gasteiger partial charge in [0.2, 0.25) is 5.82 Å². The minimum Gasteiger partial charge on any atom is -0.343 e. The number of carbonyl (C=O) groups excluding carboxylic acids is 1. The number of benzene rings is 1. The fraction of sp³-hybridized carbons (Fsp3) is 0.286. The van der Waals surface area contributed by atoms with Crippen molar-refractivity contribution in [2.75, 3.05) is 13.1 Å². The van der Waals surface area contributed by atoms with E-state index in [-0.39, 0.29) is 11.9 Å². The summed E-state index contributed by atoms with van der Waals surface area (Å²) in [5.41, 5.74) is 0.673. The molecule has 8 heteroatoms. The highest BCUT2D eigenvalue weighted by atomic mass is 35.5. The van der Waals surface area contributed by atoms with Crippen LogP contribution in [-0.2, 0) is 0 Å². The summed E-state index contributed by atoms with van der Waals surface area (Å²) in [6.45, 7) is 1.14. The summed E-state index contributed by atoms with van der Waals surface area (Å²) in [6.07, 6.45) is 2.77. The second-order valence-corrected chi connectivity index (χ2v) is 5.37. The Bertz CT molecular complexity index is 739. The summed E-state index contributed by atoms with van der Waals surface area (Å²) in [5, 5.41) is 15.9. The quantitative estimate of drug-likeness (QED) is 0.865. The molecule has 0 radical (unpaired) electrons. The molecule has 3 rings (SSSR count).